The lowest BCUT2D eigenvalue weighted by atomic mass is 10.2. The van der Waals surface area contributed by atoms with Crippen LogP contribution in [0.3, 0.4) is 0 Å². The van der Waals surface area contributed by atoms with Gasteiger partial charge in [-0.15, -0.1) is 0 Å². The second-order valence-electron chi connectivity index (χ2n) is 4.72. The van der Waals surface area contributed by atoms with Crippen LogP contribution >= 0.6 is 0 Å². The molecule has 0 aliphatic carbocycles. The fourth-order valence-electron chi connectivity index (χ4n) is 1.70. The number of carbonyl (C=O) groups excluding carboxylic acids is 2. The Hall–Kier alpha value is -2.82. The van der Waals surface area contributed by atoms with Crippen LogP contribution in [0.1, 0.15) is 24.2 Å². The molecule has 0 fully saturated rings. The van der Waals surface area contributed by atoms with Gasteiger partial charge in [-0.25, -0.2) is 9.59 Å². The summed E-state index contributed by atoms with van der Waals surface area (Å²) >= 11 is 0. The Morgan fingerprint density at radius 2 is 1.50 bits per heavy atom. The molecule has 2 rings (SSSR count). The topological polar surface area (TPSA) is 61.8 Å². The van der Waals surface area contributed by atoms with Crippen LogP contribution in [0, 0.1) is 0 Å². The van der Waals surface area contributed by atoms with Gasteiger partial charge in [0.2, 0.25) is 0 Å². The summed E-state index contributed by atoms with van der Waals surface area (Å²) in [6.45, 7) is 3.48. The van der Waals surface area contributed by atoms with E-state index in [1.165, 1.54) is 12.1 Å². The van der Waals surface area contributed by atoms with Crippen LogP contribution in [0.15, 0.2) is 54.6 Å². The summed E-state index contributed by atoms with van der Waals surface area (Å²) in [5, 5.41) is 0. The van der Waals surface area contributed by atoms with Crippen molar-refractivity contribution in [3.63, 3.8) is 0 Å². The van der Waals surface area contributed by atoms with E-state index in [4.69, 9.17) is 14.2 Å². The van der Waals surface area contributed by atoms with Crippen LogP contribution in [0.25, 0.3) is 0 Å². The van der Waals surface area contributed by atoms with E-state index in [-0.39, 0.29) is 17.4 Å². The Morgan fingerprint density at radius 1 is 0.864 bits per heavy atom. The molecule has 0 atom stereocenters. The molecule has 114 valence electrons. The zero-order valence-corrected chi connectivity index (χ0v) is 12.3. The molecule has 0 radical (unpaired) electrons. The van der Waals surface area contributed by atoms with Gasteiger partial charge in [-0.05, 0) is 38.1 Å². The summed E-state index contributed by atoms with van der Waals surface area (Å²) in [6, 6.07) is 14.9. The highest BCUT2D eigenvalue weighted by Crippen LogP contribution is 2.20. The second kappa shape index (κ2) is 7.26. The molecule has 22 heavy (non-hydrogen) atoms. The molecule has 0 aliphatic rings. The van der Waals surface area contributed by atoms with Gasteiger partial charge < -0.3 is 14.2 Å². The van der Waals surface area contributed by atoms with Gasteiger partial charge in [-0.2, -0.15) is 0 Å². The largest absolute Gasteiger partial charge is 0.519 e. The first-order valence-electron chi connectivity index (χ1n) is 6.81. The third-order valence-corrected chi connectivity index (χ3v) is 2.59. The Morgan fingerprint density at radius 3 is 2.18 bits per heavy atom. The van der Waals surface area contributed by atoms with Crippen molar-refractivity contribution >= 4 is 12.1 Å². The predicted octanol–water partition coefficient (Wildman–Crippen LogP) is 3.83. The van der Waals surface area contributed by atoms with E-state index in [1.807, 2.05) is 0 Å². The van der Waals surface area contributed by atoms with Gasteiger partial charge in [0, 0.05) is 0 Å². The number of carbonyl (C=O) groups is 2. The Labute approximate surface area is 128 Å². The summed E-state index contributed by atoms with van der Waals surface area (Å²) in [5.74, 6) is -0.109. The van der Waals surface area contributed by atoms with Gasteiger partial charge in [0.1, 0.15) is 17.1 Å². The van der Waals surface area contributed by atoms with Crippen molar-refractivity contribution in [2.45, 2.75) is 20.0 Å². The van der Waals surface area contributed by atoms with Crippen molar-refractivity contribution in [1.29, 1.82) is 0 Å². The molecular weight excluding hydrogens is 284 g/mol. The van der Waals surface area contributed by atoms with E-state index in [9.17, 15) is 9.59 Å². The minimum Gasteiger partial charge on any atom is -0.459 e. The van der Waals surface area contributed by atoms with Gasteiger partial charge in [0.15, 0.2) is 0 Å². The van der Waals surface area contributed by atoms with Crippen molar-refractivity contribution in [3.8, 4) is 11.5 Å². The van der Waals surface area contributed by atoms with Crippen molar-refractivity contribution < 1.29 is 23.8 Å². The minimum absolute atomic E-state index is 0.0917. The summed E-state index contributed by atoms with van der Waals surface area (Å²) < 4.78 is 15.2. The molecule has 0 aromatic heterocycles. The maximum atomic E-state index is 12.0. The highest BCUT2D eigenvalue weighted by Gasteiger charge is 2.18. The standard InChI is InChI=1S/C17H16O5/c1-12(2)20-16(18)14-10-6-7-11-15(14)22-17(19)21-13-8-4-3-5-9-13/h3-12H,1-2H3. The van der Waals surface area contributed by atoms with Crippen LogP contribution in [0.4, 0.5) is 4.79 Å². The molecule has 0 aliphatic heterocycles. The van der Waals surface area contributed by atoms with Gasteiger partial charge in [-0.1, -0.05) is 30.3 Å². The minimum atomic E-state index is -0.920. The van der Waals surface area contributed by atoms with E-state index < -0.39 is 12.1 Å². The molecule has 2 aromatic rings. The number of para-hydroxylation sites is 2. The predicted molar refractivity (Wildman–Crippen MR) is 80.1 cm³/mol. The normalized spacial score (nSPS) is 10.1. The fraction of sp³-hybridized carbons (Fsp3) is 0.176. The van der Waals surface area contributed by atoms with Crippen molar-refractivity contribution in [2.75, 3.05) is 0 Å². The summed E-state index contributed by atoms with van der Waals surface area (Å²) in [4.78, 5) is 23.7. The van der Waals surface area contributed by atoms with Crippen LogP contribution < -0.4 is 9.47 Å². The molecule has 0 spiro atoms. The molecule has 0 unspecified atom stereocenters. The first-order valence-corrected chi connectivity index (χ1v) is 6.81. The van der Waals surface area contributed by atoms with Crippen LogP contribution in [0.2, 0.25) is 0 Å². The van der Waals surface area contributed by atoms with E-state index in [2.05, 4.69) is 0 Å². The number of esters is 1. The Balaban J connectivity index is 2.09. The lowest BCUT2D eigenvalue weighted by Crippen LogP contribution is -2.17. The van der Waals surface area contributed by atoms with Crippen LogP contribution in [0.5, 0.6) is 11.5 Å². The summed E-state index contributed by atoms with van der Waals surface area (Å²) in [6.07, 6.45) is -1.19. The number of benzene rings is 2. The summed E-state index contributed by atoms with van der Waals surface area (Å²) in [7, 11) is 0. The number of rotatable bonds is 4. The zero-order chi connectivity index (χ0) is 15.9. The van der Waals surface area contributed by atoms with E-state index in [1.54, 1.807) is 56.3 Å². The molecule has 0 saturated carbocycles. The quantitative estimate of drug-likeness (QED) is 0.634. The smallest absolute Gasteiger partial charge is 0.459 e. The molecule has 0 heterocycles. The number of ether oxygens (including phenoxy) is 3. The van der Waals surface area contributed by atoms with Gasteiger partial charge in [0.05, 0.1) is 6.10 Å². The molecule has 0 bridgehead atoms. The fourth-order valence-corrected chi connectivity index (χ4v) is 1.70. The van der Waals surface area contributed by atoms with Gasteiger partial charge in [-0.3, -0.25) is 0 Å². The van der Waals surface area contributed by atoms with Crippen molar-refractivity contribution in [3.05, 3.63) is 60.2 Å². The monoisotopic (exact) mass is 300 g/mol. The highest BCUT2D eigenvalue weighted by molar-refractivity contribution is 5.93. The summed E-state index contributed by atoms with van der Waals surface area (Å²) in [5.41, 5.74) is 0.168. The molecule has 0 N–H and O–H groups in total. The van der Waals surface area contributed by atoms with Crippen molar-refractivity contribution in [2.24, 2.45) is 0 Å². The third-order valence-electron chi connectivity index (χ3n) is 2.59. The van der Waals surface area contributed by atoms with E-state index >= 15 is 0 Å². The SMILES string of the molecule is CC(C)OC(=O)c1ccccc1OC(=O)Oc1ccccc1. The third kappa shape index (κ3) is 4.34. The first-order chi connectivity index (χ1) is 10.6. The highest BCUT2D eigenvalue weighted by atomic mass is 16.7. The molecule has 5 heteroatoms. The Bertz CT molecular complexity index is 649. The zero-order valence-electron chi connectivity index (χ0n) is 12.3. The lowest BCUT2D eigenvalue weighted by Gasteiger charge is -2.11. The average molecular weight is 300 g/mol. The van der Waals surface area contributed by atoms with E-state index in [0.29, 0.717) is 5.75 Å². The molecule has 5 nitrogen and oxygen atoms in total. The van der Waals surface area contributed by atoms with Crippen molar-refractivity contribution in [1.82, 2.24) is 0 Å². The maximum Gasteiger partial charge on any atom is 0.519 e. The number of hydrogen-bond acceptors (Lipinski definition) is 5. The van der Waals surface area contributed by atoms with Gasteiger partial charge in [0.25, 0.3) is 0 Å². The molecule has 0 amide bonds. The van der Waals surface area contributed by atoms with E-state index in [0.717, 1.165) is 0 Å². The molecule has 2 aromatic carbocycles. The van der Waals surface area contributed by atoms with Gasteiger partial charge >= 0.3 is 12.1 Å². The van der Waals surface area contributed by atoms with Crippen LogP contribution in [-0.4, -0.2) is 18.2 Å². The maximum absolute atomic E-state index is 12.0. The van der Waals surface area contributed by atoms with Crippen LogP contribution in [-0.2, 0) is 4.74 Å². The second-order valence-corrected chi connectivity index (χ2v) is 4.72. The molecular formula is C17H16O5. The Kier molecular flexibility index (Phi) is 5.14. The average Bonchev–Trinajstić information content (AvgIpc) is 2.48. The number of hydrogen-bond donors (Lipinski definition) is 0. The lowest BCUT2D eigenvalue weighted by molar-refractivity contribution is 0.0374. The first kappa shape index (κ1) is 15.6. The molecule has 0 saturated heterocycles.